The van der Waals surface area contributed by atoms with E-state index >= 15 is 0 Å². The van der Waals surface area contributed by atoms with Crippen LogP contribution in [0, 0.1) is 0 Å². The van der Waals surface area contributed by atoms with E-state index in [1.54, 1.807) is 30.6 Å². The molecule has 1 fully saturated rings. The van der Waals surface area contributed by atoms with Crippen LogP contribution in [0.25, 0.3) is 0 Å². The first-order valence-corrected chi connectivity index (χ1v) is 10.6. The predicted molar refractivity (Wildman–Crippen MR) is 109 cm³/mol. The maximum atomic E-state index is 13.2. The van der Waals surface area contributed by atoms with Gasteiger partial charge < -0.3 is 14.4 Å². The van der Waals surface area contributed by atoms with E-state index in [9.17, 15) is 4.79 Å². The molecule has 1 N–H and O–H groups in total. The zero-order valence-corrected chi connectivity index (χ0v) is 17.1. The Kier molecular flexibility index (Phi) is 5.64. The maximum absolute atomic E-state index is 13.2. The molecule has 1 saturated heterocycles. The van der Waals surface area contributed by atoms with E-state index < -0.39 is 0 Å². The van der Waals surface area contributed by atoms with Crippen molar-refractivity contribution in [1.29, 1.82) is 0 Å². The summed E-state index contributed by atoms with van der Waals surface area (Å²) in [5.74, 6) is 1.41. The van der Waals surface area contributed by atoms with Crippen LogP contribution in [0.1, 0.15) is 35.7 Å². The molecule has 4 rings (SSSR count). The highest BCUT2D eigenvalue weighted by molar-refractivity contribution is 7.12. The Morgan fingerprint density at radius 1 is 1.21 bits per heavy atom. The lowest BCUT2D eigenvalue weighted by Gasteiger charge is -2.25. The molecule has 0 bridgehead atoms. The van der Waals surface area contributed by atoms with E-state index in [0.29, 0.717) is 24.5 Å². The molecule has 6 nitrogen and oxygen atoms in total. The van der Waals surface area contributed by atoms with Crippen LogP contribution in [-0.4, -0.2) is 50.5 Å². The zero-order chi connectivity index (χ0) is 19.5. The lowest BCUT2D eigenvalue weighted by molar-refractivity contribution is -0.879. The fourth-order valence-electron chi connectivity index (χ4n) is 4.10. The van der Waals surface area contributed by atoms with Gasteiger partial charge in [0.05, 0.1) is 43.9 Å². The Balaban J connectivity index is 1.67. The summed E-state index contributed by atoms with van der Waals surface area (Å²) in [7, 11) is 3.27. The van der Waals surface area contributed by atoms with E-state index in [-0.39, 0.29) is 11.9 Å². The summed E-state index contributed by atoms with van der Waals surface area (Å²) in [5, 5.41) is 8.48. The van der Waals surface area contributed by atoms with Gasteiger partial charge in [-0.25, -0.2) is 5.01 Å². The Bertz CT molecular complexity index is 860. The van der Waals surface area contributed by atoms with Crippen LogP contribution in [0.3, 0.4) is 0 Å². The average molecular weight is 401 g/mol. The Labute approximate surface area is 169 Å². The minimum absolute atomic E-state index is 0.0679. The molecule has 1 aromatic carbocycles. The van der Waals surface area contributed by atoms with Gasteiger partial charge >= 0.3 is 0 Å². The summed E-state index contributed by atoms with van der Waals surface area (Å²) < 4.78 is 11.1. The van der Waals surface area contributed by atoms with Gasteiger partial charge in [-0.2, -0.15) is 5.10 Å². The Morgan fingerprint density at radius 2 is 2.04 bits per heavy atom. The van der Waals surface area contributed by atoms with Crippen molar-refractivity contribution in [2.75, 3.05) is 33.9 Å². The molecule has 1 atom stereocenters. The number of hydrazone groups is 1. The van der Waals surface area contributed by atoms with Crippen molar-refractivity contribution in [2.24, 2.45) is 5.10 Å². The number of ether oxygens (including phenoxy) is 2. The number of hydrogen-bond donors (Lipinski definition) is 1. The predicted octanol–water partition coefficient (Wildman–Crippen LogP) is 2.12. The molecule has 0 aliphatic carbocycles. The van der Waals surface area contributed by atoms with Gasteiger partial charge in [-0.05, 0) is 17.5 Å². The number of methoxy groups -OCH3 is 2. The summed E-state index contributed by atoms with van der Waals surface area (Å²) in [5.41, 5.74) is 1.89. The summed E-state index contributed by atoms with van der Waals surface area (Å²) in [6.07, 6.45) is 3.06. The fraction of sp³-hybridized carbons (Fsp3) is 0.429. The van der Waals surface area contributed by atoms with Crippen LogP contribution in [0.4, 0.5) is 0 Å². The van der Waals surface area contributed by atoms with Gasteiger partial charge in [-0.3, -0.25) is 4.79 Å². The van der Waals surface area contributed by atoms with Crippen LogP contribution < -0.4 is 14.4 Å². The van der Waals surface area contributed by atoms with Crippen LogP contribution in [-0.2, 0) is 4.79 Å². The number of benzene rings is 1. The summed E-state index contributed by atoms with van der Waals surface area (Å²) in [6, 6.07) is 9.71. The van der Waals surface area contributed by atoms with Crippen molar-refractivity contribution in [1.82, 2.24) is 5.01 Å². The van der Waals surface area contributed by atoms with Gasteiger partial charge in [0, 0.05) is 24.8 Å². The minimum Gasteiger partial charge on any atom is -0.493 e. The molecule has 7 heteroatoms. The fourth-order valence-corrected chi connectivity index (χ4v) is 4.82. The molecule has 3 heterocycles. The number of quaternary nitrogens is 1. The number of rotatable bonds is 6. The molecular formula is C21H26N3O3S+. The third-order valence-electron chi connectivity index (χ3n) is 5.48. The second-order valence-electron chi connectivity index (χ2n) is 7.20. The van der Waals surface area contributed by atoms with Crippen molar-refractivity contribution in [3.05, 3.63) is 46.2 Å². The first kappa shape index (κ1) is 19.0. The highest BCUT2D eigenvalue weighted by Crippen LogP contribution is 2.41. The molecule has 2 aliphatic rings. The van der Waals surface area contributed by atoms with E-state index in [1.807, 2.05) is 29.6 Å². The van der Waals surface area contributed by atoms with Crippen molar-refractivity contribution in [2.45, 2.75) is 25.3 Å². The van der Waals surface area contributed by atoms with E-state index in [2.05, 4.69) is 6.07 Å². The molecule has 0 saturated carbocycles. The number of hydrogen-bond acceptors (Lipinski definition) is 5. The van der Waals surface area contributed by atoms with Crippen molar-refractivity contribution < 1.29 is 19.2 Å². The topological polar surface area (TPSA) is 55.6 Å². The van der Waals surface area contributed by atoms with Gasteiger partial charge in [0.25, 0.3) is 5.91 Å². The van der Waals surface area contributed by atoms with Crippen molar-refractivity contribution in [3.8, 4) is 11.5 Å². The second kappa shape index (κ2) is 8.32. The first-order chi connectivity index (χ1) is 13.7. The van der Waals surface area contributed by atoms with E-state index in [0.717, 1.165) is 29.2 Å². The number of para-hydroxylation sites is 1. The average Bonchev–Trinajstić information content (AvgIpc) is 3.47. The summed E-state index contributed by atoms with van der Waals surface area (Å²) in [6.45, 7) is 2.62. The normalized spacial score (nSPS) is 19.7. The van der Waals surface area contributed by atoms with Crippen molar-refractivity contribution >= 4 is 23.0 Å². The van der Waals surface area contributed by atoms with Gasteiger partial charge in [0.1, 0.15) is 0 Å². The molecule has 0 spiro atoms. The maximum Gasteiger partial charge on any atom is 0.298 e. The number of amides is 1. The molecule has 0 radical (unpaired) electrons. The zero-order valence-electron chi connectivity index (χ0n) is 16.3. The summed E-state index contributed by atoms with van der Waals surface area (Å²) in [4.78, 5) is 15.6. The molecule has 0 unspecified atom stereocenters. The number of likely N-dealkylation sites (tertiary alicyclic amines) is 1. The minimum atomic E-state index is -0.184. The van der Waals surface area contributed by atoms with E-state index in [1.165, 1.54) is 17.7 Å². The molecule has 1 aromatic heterocycles. The monoisotopic (exact) mass is 400 g/mol. The van der Waals surface area contributed by atoms with Crippen molar-refractivity contribution in [3.63, 3.8) is 0 Å². The smallest absolute Gasteiger partial charge is 0.298 e. The van der Waals surface area contributed by atoms with Gasteiger partial charge in [0.15, 0.2) is 18.0 Å². The van der Waals surface area contributed by atoms with Crippen LogP contribution in [0.5, 0.6) is 11.5 Å². The quantitative estimate of drug-likeness (QED) is 0.808. The third-order valence-corrected chi connectivity index (χ3v) is 6.39. The number of nitrogens with zero attached hydrogens (tertiary/aromatic N) is 2. The number of nitrogens with one attached hydrogen (secondary N) is 1. The highest BCUT2D eigenvalue weighted by atomic mass is 32.1. The third kappa shape index (κ3) is 3.64. The first-order valence-electron chi connectivity index (χ1n) is 9.69. The molecule has 2 aromatic rings. The Morgan fingerprint density at radius 3 is 2.71 bits per heavy atom. The lowest BCUT2D eigenvalue weighted by Crippen LogP contribution is -3.11. The molecule has 2 aliphatic heterocycles. The molecule has 1 amide bonds. The molecular weight excluding hydrogens is 374 g/mol. The van der Waals surface area contributed by atoms with Crippen LogP contribution in [0.2, 0.25) is 0 Å². The summed E-state index contributed by atoms with van der Waals surface area (Å²) >= 11 is 1.65. The largest absolute Gasteiger partial charge is 0.493 e. The number of carbonyl (C=O) groups excluding carboxylic acids is 1. The molecule has 28 heavy (non-hydrogen) atoms. The number of thiophene rings is 1. The van der Waals surface area contributed by atoms with Gasteiger partial charge in [0.2, 0.25) is 0 Å². The second-order valence-corrected chi connectivity index (χ2v) is 8.15. The van der Waals surface area contributed by atoms with E-state index in [4.69, 9.17) is 14.6 Å². The Hall–Kier alpha value is -2.38. The number of carbonyl (C=O) groups is 1. The highest BCUT2D eigenvalue weighted by Gasteiger charge is 2.37. The standard InChI is InChI=1S/C21H25N3O3S/c1-26-18-8-5-7-15(21(18)27-2)17-13-16(19-9-6-12-28-19)22-24(17)20(25)14-23-10-3-4-11-23/h5-9,12,17H,3-4,10-11,13-14H2,1-2H3/p+1/t17-/m0/s1. The van der Waals surface area contributed by atoms with Gasteiger partial charge in [-0.15, -0.1) is 11.3 Å². The van der Waals surface area contributed by atoms with Gasteiger partial charge in [-0.1, -0.05) is 18.2 Å². The molecule has 148 valence electrons. The van der Waals surface area contributed by atoms with Crippen LogP contribution >= 0.6 is 11.3 Å². The van der Waals surface area contributed by atoms with Crippen LogP contribution in [0.15, 0.2) is 40.8 Å². The lowest BCUT2D eigenvalue weighted by atomic mass is 9.99. The SMILES string of the molecule is COc1cccc([C@@H]2CC(c3cccs3)=NN2C(=O)C[NH+]2CCCC2)c1OC.